The molecule has 1 fully saturated rings. The van der Waals surface area contributed by atoms with Crippen LogP contribution in [0.15, 0.2) is 0 Å². The predicted molar refractivity (Wildman–Crippen MR) is 60.4 cm³/mol. The SMILES string of the molecule is CNS(=O)(=O)CC1(C(=O)OC)CCCCC1. The molecule has 5 nitrogen and oxygen atoms in total. The van der Waals surface area contributed by atoms with Crippen LogP contribution in [0.3, 0.4) is 0 Å². The third-order valence-corrected chi connectivity index (χ3v) is 4.76. The summed E-state index contributed by atoms with van der Waals surface area (Å²) >= 11 is 0. The van der Waals surface area contributed by atoms with Gasteiger partial charge in [-0.3, -0.25) is 4.79 Å². The fourth-order valence-electron chi connectivity index (χ4n) is 2.29. The number of hydrogen-bond donors (Lipinski definition) is 1. The fraction of sp³-hybridized carbons (Fsp3) is 0.900. The number of carbonyl (C=O) groups excluding carboxylic acids is 1. The highest BCUT2D eigenvalue weighted by molar-refractivity contribution is 7.89. The Bertz CT molecular complexity index is 344. The standard InChI is InChI=1S/C10H19NO4S/c1-11-16(13,14)8-10(9(12)15-2)6-4-3-5-7-10/h11H,3-8H2,1-2H3. The zero-order valence-corrected chi connectivity index (χ0v) is 10.6. The molecule has 1 saturated carbocycles. The van der Waals surface area contributed by atoms with Crippen LogP contribution < -0.4 is 4.72 Å². The minimum Gasteiger partial charge on any atom is -0.469 e. The van der Waals surface area contributed by atoms with Crippen molar-refractivity contribution in [3.05, 3.63) is 0 Å². The van der Waals surface area contributed by atoms with E-state index in [0.29, 0.717) is 12.8 Å². The lowest BCUT2D eigenvalue weighted by Gasteiger charge is -2.33. The summed E-state index contributed by atoms with van der Waals surface area (Å²) in [5.41, 5.74) is -0.838. The molecule has 16 heavy (non-hydrogen) atoms. The van der Waals surface area contributed by atoms with Crippen LogP contribution in [-0.4, -0.2) is 34.3 Å². The summed E-state index contributed by atoms with van der Waals surface area (Å²) in [5, 5.41) is 0. The van der Waals surface area contributed by atoms with Gasteiger partial charge in [0.1, 0.15) is 0 Å². The lowest BCUT2D eigenvalue weighted by atomic mass is 9.75. The van der Waals surface area contributed by atoms with Crippen molar-refractivity contribution >= 4 is 16.0 Å². The monoisotopic (exact) mass is 249 g/mol. The van der Waals surface area contributed by atoms with Gasteiger partial charge >= 0.3 is 5.97 Å². The molecule has 0 heterocycles. The minimum absolute atomic E-state index is 0.164. The molecule has 1 N–H and O–H groups in total. The van der Waals surface area contributed by atoms with E-state index < -0.39 is 21.4 Å². The van der Waals surface area contributed by atoms with Crippen LogP contribution in [0.25, 0.3) is 0 Å². The van der Waals surface area contributed by atoms with Gasteiger partial charge in [0.25, 0.3) is 0 Å². The number of hydrogen-bond acceptors (Lipinski definition) is 4. The third-order valence-electron chi connectivity index (χ3n) is 3.21. The van der Waals surface area contributed by atoms with Gasteiger partial charge in [0, 0.05) is 0 Å². The maximum Gasteiger partial charge on any atom is 0.312 e. The van der Waals surface area contributed by atoms with Gasteiger partial charge in [-0.25, -0.2) is 13.1 Å². The van der Waals surface area contributed by atoms with Crippen LogP contribution >= 0.6 is 0 Å². The molecule has 0 bridgehead atoms. The maximum absolute atomic E-state index is 11.8. The maximum atomic E-state index is 11.8. The lowest BCUT2D eigenvalue weighted by molar-refractivity contribution is -0.153. The van der Waals surface area contributed by atoms with Crippen molar-refractivity contribution in [2.75, 3.05) is 19.9 Å². The summed E-state index contributed by atoms with van der Waals surface area (Å²) in [5.74, 6) is -0.561. The molecule has 6 heteroatoms. The zero-order chi connectivity index (χ0) is 12.2. The normalized spacial score (nSPS) is 20.4. The summed E-state index contributed by atoms with van der Waals surface area (Å²) in [7, 11) is -0.709. The topological polar surface area (TPSA) is 72.5 Å². The van der Waals surface area contributed by atoms with Gasteiger partial charge in [0.15, 0.2) is 0 Å². The molecule has 1 aliphatic carbocycles. The first kappa shape index (κ1) is 13.4. The largest absolute Gasteiger partial charge is 0.469 e. The van der Waals surface area contributed by atoms with Crippen LogP contribution in [0.1, 0.15) is 32.1 Å². The van der Waals surface area contributed by atoms with Crippen LogP contribution in [0.5, 0.6) is 0 Å². The van der Waals surface area contributed by atoms with Crippen molar-refractivity contribution in [3.8, 4) is 0 Å². The van der Waals surface area contributed by atoms with E-state index in [9.17, 15) is 13.2 Å². The van der Waals surface area contributed by atoms with Crippen molar-refractivity contribution in [3.63, 3.8) is 0 Å². The molecule has 0 unspecified atom stereocenters. The highest BCUT2D eigenvalue weighted by Gasteiger charge is 2.43. The first-order chi connectivity index (χ1) is 7.46. The molecule has 1 rings (SSSR count). The number of methoxy groups -OCH3 is 1. The van der Waals surface area contributed by atoms with Crippen LogP contribution in [0.2, 0.25) is 0 Å². The van der Waals surface area contributed by atoms with E-state index in [-0.39, 0.29) is 5.75 Å². The summed E-state index contributed by atoms with van der Waals surface area (Å²) in [6.07, 6.45) is 4.02. The Kier molecular flexibility index (Phi) is 4.32. The van der Waals surface area contributed by atoms with Crippen LogP contribution in [0, 0.1) is 5.41 Å². The third kappa shape index (κ3) is 2.95. The Labute approximate surface area is 96.6 Å². The van der Waals surface area contributed by atoms with Gasteiger partial charge in [-0.05, 0) is 19.9 Å². The van der Waals surface area contributed by atoms with Gasteiger partial charge in [0.05, 0.1) is 18.3 Å². The summed E-state index contributed by atoms with van der Waals surface area (Å²) in [6.45, 7) is 0. The average Bonchev–Trinajstić information content (AvgIpc) is 2.28. The molecule has 0 aromatic heterocycles. The van der Waals surface area contributed by atoms with E-state index in [1.807, 2.05) is 0 Å². The highest BCUT2D eigenvalue weighted by Crippen LogP contribution is 2.38. The van der Waals surface area contributed by atoms with Gasteiger partial charge in [-0.2, -0.15) is 0 Å². The molecule has 0 amide bonds. The second kappa shape index (κ2) is 5.14. The molecule has 0 aromatic carbocycles. The summed E-state index contributed by atoms with van der Waals surface area (Å²) in [6, 6.07) is 0. The van der Waals surface area contributed by atoms with E-state index in [2.05, 4.69) is 4.72 Å². The van der Waals surface area contributed by atoms with Crippen molar-refractivity contribution in [2.45, 2.75) is 32.1 Å². The van der Waals surface area contributed by atoms with Crippen molar-refractivity contribution in [1.29, 1.82) is 0 Å². The molecular formula is C10H19NO4S. The molecule has 0 aliphatic heterocycles. The first-order valence-corrected chi connectivity index (χ1v) is 7.11. The number of sulfonamides is 1. The number of ether oxygens (including phenoxy) is 1. The number of rotatable bonds is 4. The molecule has 0 aromatic rings. The summed E-state index contributed by atoms with van der Waals surface area (Å²) in [4.78, 5) is 11.8. The number of carbonyl (C=O) groups is 1. The number of esters is 1. The Morgan fingerprint density at radius 1 is 1.31 bits per heavy atom. The minimum atomic E-state index is -3.38. The second-order valence-corrected chi connectivity index (χ2v) is 6.22. The first-order valence-electron chi connectivity index (χ1n) is 5.45. The molecule has 0 radical (unpaired) electrons. The van der Waals surface area contributed by atoms with Gasteiger partial charge < -0.3 is 4.74 Å². The molecule has 0 atom stereocenters. The Morgan fingerprint density at radius 2 is 1.88 bits per heavy atom. The van der Waals surface area contributed by atoms with E-state index >= 15 is 0 Å². The highest BCUT2D eigenvalue weighted by atomic mass is 32.2. The van der Waals surface area contributed by atoms with E-state index in [1.54, 1.807) is 0 Å². The van der Waals surface area contributed by atoms with Crippen molar-refractivity contribution in [1.82, 2.24) is 4.72 Å². The lowest BCUT2D eigenvalue weighted by Crippen LogP contribution is -2.43. The Balaban J connectivity index is 2.91. The predicted octanol–water partition coefficient (Wildman–Crippen LogP) is 0.659. The van der Waals surface area contributed by atoms with E-state index in [0.717, 1.165) is 19.3 Å². The molecule has 0 spiro atoms. The summed E-state index contributed by atoms with van der Waals surface area (Å²) < 4.78 is 30.2. The smallest absolute Gasteiger partial charge is 0.312 e. The fourth-order valence-corrected chi connectivity index (χ4v) is 3.57. The zero-order valence-electron chi connectivity index (χ0n) is 9.78. The van der Waals surface area contributed by atoms with Gasteiger partial charge in [-0.1, -0.05) is 19.3 Å². The Morgan fingerprint density at radius 3 is 2.31 bits per heavy atom. The van der Waals surface area contributed by atoms with Crippen molar-refractivity contribution in [2.24, 2.45) is 5.41 Å². The molecular weight excluding hydrogens is 230 g/mol. The molecule has 1 aliphatic rings. The average molecular weight is 249 g/mol. The Hall–Kier alpha value is -0.620. The van der Waals surface area contributed by atoms with E-state index in [1.165, 1.54) is 14.2 Å². The van der Waals surface area contributed by atoms with Crippen LogP contribution in [0.4, 0.5) is 0 Å². The van der Waals surface area contributed by atoms with Gasteiger partial charge in [0.2, 0.25) is 10.0 Å². The van der Waals surface area contributed by atoms with Crippen molar-refractivity contribution < 1.29 is 17.9 Å². The van der Waals surface area contributed by atoms with E-state index in [4.69, 9.17) is 4.74 Å². The molecule has 94 valence electrons. The van der Waals surface area contributed by atoms with Crippen LogP contribution in [-0.2, 0) is 19.6 Å². The van der Waals surface area contributed by atoms with Gasteiger partial charge in [-0.15, -0.1) is 0 Å². The number of nitrogens with one attached hydrogen (secondary N) is 1. The second-order valence-electron chi connectivity index (χ2n) is 4.30. The molecule has 0 saturated heterocycles. The quantitative estimate of drug-likeness (QED) is 0.743.